The van der Waals surface area contributed by atoms with Crippen molar-refractivity contribution in [2.75, 3.05) is 18.5 Å². The lowest BCUT2D eigenvalue weighted by atomic mass is 10.2. The molecule has 0 bridgehead atoms. The lowest BCUT2D eigenvalue weighted by molar-refractivity contribution is 0.0787. The second-order valence-corrected chi connectivity index (χ2v) is 5.57. The quantitative estimate of drug-likeness (QED) is 0.680. The fourth-order valence-corrected chi connectivity index (χ4v) is 2.29. The number of ether oxygens (including phenoxy) is 1. The molecule has 0 saturated heterocycles. The summed E-state index contributed by atoms with van der Waals surface area (Å²) >= 11 is 0. The van der Waals surface area contributed by atoms with E-state index in [4.69, 9.17) is 4.74 Å². The molecule has 0 aromatic carbocycles. The van der Waals surface area contributed by atoms with E-state index >= 15 is 0 Å². The van der Waals surface area contributed by atoms with E-state index in [9.17, 15) is 0 Å². The normalized spacial score (nSPS) is 11.3. The van der Waals surface area contributed by atoms with Crippen LogP contribution in [0.5, 0.6) is 0 Å². The average Bonchev–Trinajstić information content (AvgIpc) is 2.98. The molecular formula is C17H21N5O. The van der Waals surface area contributed by atoms with Gasteiger partial charge in [0.25, 0.3) is 0 Å². The Morgan fingerprint density at radius 1 is 1.17 bits per heavy atom. The van der Waals surface area contributed by atoms with Crippen molar-refractivity contribution in [3.63, 3.8) is 0 Å². The first kappa shape index (κ1) is 15.4. The molecular weight excluding hydrogens is 290 g/mol. The Hall–Kier alpha value is -2.47. The van der Waals surface area contributed by atoms with Crippen LogP contribution < -0.4 is 5.32 Å². The molecule has 3 rings (SSSR count). The molecule has 0 spiro atoms. The lowest BCUT2D eigenvalue weighted by Crippen LogP contribution is -2.10. The van der Waals surface area contributed by atoms with Crippen molar-refractivity contribution in [2.45, 2.75) is 26.4 Å². The van der Waals surface area contributed by atoms with E-state index in [1.54, 1.807) is 12.4 Å². The molecule has 0 aliphatic rings. The summed E-state index contributed by atoms with van der Waals surface area (Å²) in [5.74, 6) is 0.829. The van der Waals surface area contributed by atoms with Gasteiger partial charge in [-0.3, -0.25) is 4.98 Å². The third-order valence-electron chi connectivity index (χ3n) is 3.42. The molecule has 3 heterocycles. The number of anilines is 1. The maximum Gasteiger partial charge on any atom is 0.154 e. The molecule has 23 heavy (non-hydrogen) atoms. The Labute approximate surface area is 135 Å². The number of hydrogen-bond donors (Lipinski definition) is 1. The number of nitrogens with one attached hydrogen (secondary N) is 1. The van der Waals surface area contributed by atoms with E-state index in [0.29, 0.717) is 0 Å². The third-order valence-corrected chi connectivity index (χ3v) is 3.42. The van der Waals surface area contributed by atoms with Gasteiger partial charge in [-0.05, 0) is 44.5 Å². The molecule has 3 aromatic rings. The summed E-state index contributed by atoms with van der Waals surface area (Å²) < 4.78 is 7.38. The Morgan fingerprint density at radius 3 is 2.78 bits per heavy atom. The van der Waals surface area contributed by atoms with Gasteiger partial charge in [-0.15, -0.1) is 5.10 Å². The molecule has 0 fully saturated rings. The van der Waals surface area contributed by atoms with Gasteiger partial charge in [-0.1, -0.05) is 0 Å². The Morgan fingerprint density at radius 2 is 2.00 bits per heavy atom. The van der Waals surface area contributed by atoms with Crippen LogP contribution in [0.2, 0.25) is 0 Å². The standard InChI is InChI=1S/C17H21N5O/c1-13(2)23-11-3-8-19-16-4-5-17-20-12-15(22(17)21-16)14-6-9-18-10-7-14/h4-7,9-10,12-13H,3,8,11H2,1-2H3,(H,19,21). The van der Waals surface area contributed by atoms with Gasteiger partial charge in [-0.2, -0.15) is 0 Å². The van der Waals surface area contributed by atoms with Gasteiger partial charge in [0.1, 0.15) is 5.82 Å². The molecule has 1 N–H and O–H groups in total. The number of nitrogens with zero attached hydrogens (tertiary/aromatic N) is 4. The molecule has 0 amide bonds. The Bertz CT molecular complexity index is 754. The van der Waals surface area contributed by atoms with Gasteiger partial charge < -0.3 is 10.1 Å². The Balaban J connectivity index is 1.71. The van der Waals surface area contributed by atoms with E-state index < -0.39 is 0 Å². The van der Waals surface area contributed by atoms with Gasteiger partial charge in [0.2, 0.25) is 0 Å². The van der Waals surface area contributed by atoms with Gasteiger partial charge >= 0.3 is 0 Å². The molecule has 3 aromatic heterocycles. The summed E-state index contributed by atoms with van der Waals surface area (Å²) in [7, 11) is 0. The second-order valence-electron chi connectivity index (χ2n) is 5.57. The van der Waals surface area contributed by atoms with Crippen LogP contribution in [-0.2, 0) is 4.74 Å². The van der Waals surface area contributed by atoms with Crippen molar-refractivity contribution in [3.05, 3.63) is 42.9 Å². The summed E-state index contributed by atoms with van der Waals surface area (Å²) in [4.78, 5) is 8.45. The molecule has 0 saturated carbocycles. The zero-order valence-electron chi connectivity index (χ0n) is 13.4. The summed E-state index contributed by atoms with van der Waals surface area (Å²) in [5, 5.41) is 7.95. The molecule has 6 nitrogen and oxygen atoms in total. The fraction of sp³-hybridized carbons (Fsp3) is 0.353. The van der Waals surface area contributed by atoms with Crippen LogP contribution >= 0.6 is 0 Å². The highest BCUT2D eigenvalue weighted by molar-refractivity contribution is 5.62. The molecule has 0 radical (unpaired) electrons. The number of hydrogen-bond acceptors (Lipinski definition) is 5. The first-order chi connectivity index (χ1) is 11.2. The van der Waals surface area contributed by atoms with E-state index in [0.717, 1.165) is 42.3 Å². The van der Waals surface area contributed by atoms with Gasteiger partial charge in [0.15, 0.2) is 5.65 Å². The van der Waals surface area contributed by atoms with Gasteiger partial charge in [0.05, 0.1) is 18.0 Å². The number of rotatable bonds is 7. The topological polar surface area (TPSA) is 64.3 Å². The molecule has 0 unspecified atom stereocenters. The predicted octanol–water partition coefficient (Wildman–Crippen LogP) is 3.02. The van der Waals surface area contributed by atoms with Crippen LogP contribution in [0.15, 0.2) is 42.9 Å². The number of imidazole rings is 1. The predicted molar refractivity (Wildman–Crippen MR) is 90.4 cm³/mol. The monoisotopic (exact) mass is 311 g/mol. The minimum Gasteiger partial charge on any atom is -0.379 e. The minimum absolute atomic E-state index is 0.276. The molecule has 0 aliphatic carbocycles. The number of aromatic nitrogens is 4. The average molecular weight is 311 g/mol. The minimum atomic E-state index is 0.276. The van der Waals surface area contributed by atoms with Crippen LogP contribution in [0, 0.1) is 0 Å². The fourth-order valence-electron chi connectivity index (χ4n) is 2.29. The lowest BCUT2D eigenvalue weighted by Gasteiger charge is -2.09. The third kappa shape index (κ3) is 3.84. The first-order valence-electron chi connectivity index (χ1n) is 7.85. The number of fused-ring (bicyclic) bond motifs is 1. The van der Waals surface area contributed by atoms with Crippen molar-refractivity contribution in [3.8, 4) is 11.3 Å². The zero-order chi connectivity index (χ0) is 16.1. The molecule has 6 heteroatoms. The summed E-state index contributed by atoms with van der Waals surface area (Å²) in [6.45, 7) is 5.66. The van der Waals surface area contributed by atoms with Crippen molar-refractivity contribution < 1.29 is 4.74 Å². The van der Waals surface area contributed by atoms with E-state index in [1.165, 1.54) is 0 Å². The van der Waals surface area contributed by atoms with Crippen molar-refractivity contribution in [2.24, 2.45) is 0 Å². The Kier molecular flexibility index (Phi) is 4.83. The van der Waals surface area contributed by atoms with Gasteiger partial charge in [0, 0.05) is 31.1 Å². The zero-order valence-corrected chi connectivity index (χ0v) is 13.4. The van der Waals surface area contributed by atoms with Crippen LogP contribution in [0.3, 0.4) is 0 Å². The van der Waals surface area contributed by atoms with E-state index in [1.807, 2.05) is 48.8 Å². The van der Waals surface area contributed by atoms with Crippen molar-refractivity contribution in [1.82, 2.24) is 19.6 Å². The molecule has 0 atom stereocenters. The van der Waals surface area contributed by atoms with E-state index in [-0.39, 0.29) is 6.10 Å². The largest absolute Gasteiger partial charge is 0.379 e. The van der Waals surface area contributed by atoms with Crippen molar-refractivity contribution in [1.29, 1.82) is 0 Å². The SMILES string of the molecule is CC(C)OCCCNc1ccc2ncc(-c3ccncc3)n2n1. The highest BCUT2D eigenvalue weighted by atomic mass is 16.5. The molecule has 0 aliphatic heterocycles. The summed E-state index contributed by atoms with van der Waals surface area (Å²) in [6, 6.07) is 7.82. The van der Waals surface area contributed by atoms with Crippen LogP contribution in [0.4, 0.5) is 5.82 Å². The number of pyridine rings is 1. The molecule has 120 valence electrons. The van der Waals surface area contributed by atoms with Gasteiger partial charge in [-0.25, -0.2) is 9.50 Å². The summed E-state index contributed by atoms with van der Waals surface area (Å²) in [6.07, 6.45) is 6.59. The summed E-state index contributed by atoms with van der Waals surface area (Å²) in [5.41, 5.74) is 2.82. The maximum atomic E-state index is 5.53. The van der Waals surface area contributed by atoms with Crippen LogP contribution in [0.1, 0.15) is 20.3 Å². The smallest absolute Gasteiger partial charge is 0.154 e. The highest BCUT2D eigenvalue weighted by Gasteiger charge is 2.07. The highest BCUT2D eigenvalue weighted by Crippen LogP contribution is 2.19. The van der Waals surface area contributed by atoms with Crippen molar-refractivity contribution >= 4 is 11.5 Å². The van der Waals surface area contributed by atoms with E-state index in [2.05, 4.69) is 20.4 Å². The second kappa shape index (κ2) is 7.19. The van der Waals surface area contributed by atoms with Crippen LogP contribution in [-0.4, -0.2) is 38.8 Å². The first-order valence-corrected chi connectivity index (χ1v) is 7.85. The van der Waals surface area contributed by atoms with Crippen LogP contribution in [0.25, 0.3) is 16.9 Å². The maximum absolute atomic E-state index is 5.53.